The van der Waals surface area contributed by atoms with Crippen molar-refractivity contribution in [2.45, 2.75) is 31.8 Å². The molecule has 2 fully saturated rings. The zero-order valence-corrected chi connectivity index (χ0v) is 17.2. The number of likely N-dealkylation sites (tertiary alicyclic amines) is 1. The second-order valence-electron chi connectivity index (χ2n) is 8.49. The summed E-state index contributed by atoms with van der Waals surface area (Å²) in [6, 6.07) is 6.23. The zero-order chi connectivity index (χ0) is 23.2. The van der Waals surface area contributed by atoms with E-state index in [9.17, 15) is 23.5 Å². The molecule has 0 radical (unpaired) electrons. The van der Waals surface area contributed by atoms with E-state index in [1.807, 2.05) is 0 Å². The number of hydrogen-bond donors (Lipinski definition) is 2. The van der Waals surface area contributed by atoms with Crippen LogP contribution in [0.25, 0.3) is 0 Å². The van der Waals surface area contributed by atoms with E-state index in [1.54, 1.807) is 0 Å². The van der Waals surface area contributed by atoms with E-state index in [0.717, 1.165) is 17.0 Å². The molecule has 1 aliphatic heterocycles. The Hall–Kier alpha value is -2.94. The Labute approximate surface area is 182 Å². The second kappa shape index (κ2) is 8.20. The first kappa shape index (κ1) is 22.3. The molecule has 0 aromatic heterocycles. The standard InChI is InChI=1S/C23H22F4N2O3/c1-12-8-16(5-7-18(12)24)28-21(31)13-4-6-19(25)17(9-13)23(26,27)22(32)29-10-14-2-3-15(11-29)20(14)30/h4-9,14-15,20,30H,2-3,10-11H2,1H3,(H,28,31)/t14-,15+,20-. The third-order valence-corrected chi connectivity index (χ3v) is 6.32. The Morgan fingerprint density at radius 2 is 1.66 bits per heavy atom. The van der Waals surface area contributed by atoms with Crippen LogP contribution in [-0.2, 0) is 10.7 Å². The van der Waals surface area contributed by atoms with Crippen molar-refractivity contribution in [2.24, 2.45) is 11.8 Å². The van der Waals surface area contributed by atoms with Crippen LogP contribution in [0.15, 0.2) is 36.4 Å². The van der Waals surface area contributed by atoms with Gasteiger partial charge in [0.2, 0.25) is 0 Å². The van der Waals surface area contributed by atoms with Gasteiger partial charge in [0, 0.05) is 36.2 Å². The maximum Gasteiger partial charge on any atom is 0.352 e. The van der Waals surface area contributed by atoms with Gasteiger partial charge in [0.1, 0.15) is 11.6 Å². The Morgan fingerprint density at radius 1 is 1.03 bits per heavy atom. The number of rotatable bonds is 4. The highest BCUT2D eigenvalue weighted by atomic mass is 19.3. The molecule has 2 aromatic rings. The van der Waals surface area contributed by atoms with Crippen LogP contribution in [0.2, 0.25) is 0 Å². The minimum absolute atomic E-state index is 0.0161. The van der Waals surface area contributed by atoms with Gasteiger partial charge < -0.3 is 15.3 Å². The van der Waals surface area contributed by atoms with Gasteiger partial charge in [-0.25, -0.2) is 8.78 Å². The van der Waals surface area contributed by atoms with Crippen molar-refractivity contribution in [3.63, 3.8) is 0 Å². The van der Waals surface area contributed by atoms with Gasteiger partial charge in [-0.05, 0) is 61.7 Å². The van der Waals surface area contributed by atoms with Crippen molar-refractivity contribution in [1.29, 1.82) is 0 Å². The Kier molecular flexibility index (Phi) is 5.70. The van der Waals surface area contributed by atoms with Crippen molar-refractivity contribution in [3.8, 4) is 0 Å². The Morgan fingerprint density at radius 3 is 2.28 bits per heavy atom. The molecule has 0 unspecified atom stereocenters. The first-order chi connectivity index (χ1) is 15.1. The first-order valence-electron chi connectivity index (χ1n) is 10.3. The molecule has 1 heterocycles. The summed E-state index contributed by atoms with van der Waals surface area (Å²) in [5.74, 6) is -8.86. The average Bonchev–Trinajstić information content (AvgIpc) is 2.96. The van der Waals surface area contributed by atoms with Crippen LogP contribution in [0.5, 0.6) is 0 Å². The SMILES string of the molecule is Cc1cc(NC(=O)c2ccc(F)c(C(F)(F)C(=O)N3C[C@H]4CC[C@@H](C3)[C@@H]4O)c2)ccc1F. The molecule has 1 saturated carbocycles. The minimum atomic E-state index is -4.19. The molecule has 0 spiro atoms. The molecule has 32 heavy (non-hydrogen) atoms. The third kappa shape index (κ3) is 3.97. The summed E-state index contributed by atoms with van der Waals surface area (Å²) in [5.41, 5.74) is -0.945. The van der Waals surface area contributed by atoms with Gasteiger partial charge in [0.25, 0.3) is 11.8 Å². The number of fused-ring (bicyclic) bond motifs is 2. The monoisotopic (exact) mass is 450 g/mol. The summed E-state index contributed by atoms with van der Waals surface area (Å²) in [6.45, 7) is 1.47. The number of anilines is 1. The smallest absolute Gasteiger partial charge is 0.352 e. The van der Waals surface area contributed by atoms with E-state index in [2.05, 4.69) is 5.32 Å². The van der Waals surface area contributed by atoms with Crippen molar-refractivity contribution >= 4 is 17.5 Å². The quantitative estimate of drug-likeness (QED) is 0.696. The lowest BCUT2D eigenvalue weighted by atomic mass is 9.94. The minimum Gasteiger partial charge on any atom is -0.392 e. The molecular weight excluding hydrogens is 428 g/mol. The van der Waals surface area contributed by atoms with Crippen molar-refractivity contribution in [3.05, 3.63) is 64.7 Å². The summed E-state index contributed by atoms with van der Waals surface area (Å²) < 4.78 is 57.9. The van der Waals surface area contributed by atoms with Gasteiger partial charge >= 0.3 is 5.92 Å². The number of alkyl halides is 2. The number of piperidine rings is 1. The van der Waals surface area contributed by atoms with E-state index in [0.29, 0.717) is 25.0 Å². The lowest BCUT2D eigenvalue weighted by Crippen LogP contribution is -2.51. The Balaban J connectivity index is 1.56. The summed E-state index contributed by atoms with van der Waals surface area (Å²) in [7, 11) is 0. The molecular formula is C23H22F4N2O3. The largest absolute Gasteiger partial charge is 0.392 e. The fourth-order valence-corrected chi connectivity index (χ4v) is 4.51. The summed E-state index contributed by atoms with van der Waals surface area (Å²) in [5, 5.41) is 12.5. The van der Waals surface area contributed by atoms with Gasteiger partial charge in [-0.15, -0.1) is 0 Å². The second-order valence-corrected chi connectivity index (χ2v) is 8.49. The van der Waals surface area contributed by atoms with Gasteiger partial charge in [-0.1, -0.05) is 0 Å². The molecule has 5 nitrogen and oxygen atoms in total. The first-order valence-corrected chi connectivity index (χ1v) is 10.3. The van der Waals surface area contributed by atoms with Gasteiger partial charge in [0.05, 0.1) is 11.7 Å². The lowest BCUT2D eigenvalue weighted by Gasteiger charge is -2.37. The molecule has 2 aliphatic rings. The Bertz CT molecular complexity index is 1060. The molecule has 2 bridgehead atoms. The maximum absolute atomic E-state index is 15.1. The van der Waals surface area contributed by atoms with Crippen LogP contribution in [-0.4, -0.2) is 41.0 Å². The number of hydrogen-bond acceptors (Lipinski definition) is 3. The van der Waals surface area contributed by atoms with Gasteiger partial charge in [0.15, 0.2) is 0 Å². The van der Waals surface area contributed by atoms with E-state index >= 15 is 8.78 Å². The zero-order valence-electron chi connectivity index (χ0n) is 17.2. The highest BCUT2D eigenvalue weighted by Crippen LogP contribution is 2.40. The molecule has 170 valence electrons. The number of benzene rings is 2. The number of nitrogens with one attached hydrogen (secondary N) is 1. The van der Waals surface area contributed by atoms with E-state index in [-0.39, 0.29) is 41.7 Å². The van der Waals surface area contributed by atoms with Gasteiger partial charge in [-0.2, -0.15) is 8.78 Å². The highest BCUT2D eigenvalue weighted by molar-refractivity contribution is 6.04. The van der Waals surface area contributed by atoms with Crippen molar-refractivity contribution < 1.29 is 32.3 Å². The van der Waals surface area contributed by atoms with Crippen LogP contribution >= 0.6 is 0 Å². The summed E-state index contributed by atoms with van der Waals surface area (Å²) in [6.07, 6.45) is 0.675. The van der Waals surface area contributed by atoms with E-state index in [4.69, 9.17) is 0 Å². The van der Waals surface area contributed by atoms with Crippen LogP contribution in [0.3, 0.4) is 0 Å². The van der Waals surface area contributed by atoms with Crippen LogP contribution < -0.4 is 5.32 Å². The number of carbonyl (C=O) groups is 2. The molecule has 1 saturated heterocycles. The fraction of sp³-hybridized carbons (Fsp3) is 0.391. The molecule has 9 heteroatoms. The number of carbonyl (C=O) groups excluding carboxylic acids is 2. The summed E-state index contributed by atoms with van der Waals surface area (Å²) in [4.78, 5) is 26.1. The normalized spacial score (nSPS) is 22.7. The number of aliphatic hydroxyl groups is 1. The molecule has 2 amide bonds. The number of halogens is 4. The number of nitrogens with zero attached hydrogens (tertiary/aromatic N) is 1. The van der Waals surface area contributed by atoms with Gasteiger partial charge in [-0.3, -0.25) is 9.59 Å². The fourth-order valence-electron chi connectivity index (χ4n) is 4.51. The van der Waals surface area contributed by atoms with E-state index in [1.165, 1.54) is 19.1 Å². The topological polar surface area (TPSA) is 69.6 Å². The average molecular weight is 450 g/mol. The summed E-state index contributed by atoms with van der Waals surface area (Å²) >= 11 is 0. The predicted octanol–water partition coefficient (Wildman–Crippen LogP) is 3.85. The highest BCUT2D eigenvalue weighted by Gasteiger charge is 2.50. The number of amides is 2. The van der Waals surface area contributed by atoms with Crippen LogP contribution in [0.1, 0.15) is 34.3 Å². The third-order valence-electron chi connectivity index (χ3n) is 6.32. The molecule has 4 rings (SSSR count). The van der Waals surface area contributed by atoms with Crippen LogP contribution in [0, 0.1) is 30.4 Å². The molecule has 3 atom stereocenters. The lowest BCUT2D eigenvalue weighted by molar-refractivity contribution is -0.163. The van der Waals surface area contributed by atoms with Crippen LogP contribution in [0.4, 0.5) is 23.2 Å². The maximum atomic E-state index is 15.1. The number of aryl methyl sites for hydroxylation is 1. The van der Waals surface area contributed by atoms with Crippen molar-refractivity contribution in [1.82, 2.24) is 4.90 Å². The van der Waals surface area contributed by atoms with E-state index < -0.39 is 41.0 Å². The molecule has 2 N–H and O–H groups in total. The van der Waals surface area contributed by atoms with Crippen molar-refractivity contribution in [2.75, 3.05) is 18.4 Å². The number of aliphatic hydroxyl groups excluding tert-OH is 1. The predicted molar refractivity (Wildman–Crippen MR) is 108 cm³/mol. The molecule has 2 aromatic carbocycles. The molecule has 1 aliphatic carbocycles.